The summed E-state index contributed by atoms with van der Waals surface area (Å²) in [4.78, 5) is 35.9. The van der Waals surface area contributed by atoms with Crippen LogP contribution in [-0.2, 0) is 19.1 Å². The Morgan fingerprint density at radius 2 is 1.70 bits per heavy atom. The molecule has 1 fully saturated rings. The molecule has 1 aliphatic heterocycles. The fourth-order valence-corrected chi connectivity index (χ4v) is 4.28. The van der Waals surface area contributed by atoms with Crippen LogP contribution in [-0.4, -0.2) is 82.6 Å². The van der Waals surface area contributed by atoms with Crippen LogP contribution < -0.4 is 4.74 Å². The maximum absolute atomic E-state index is 12.8. The van der Waals surface area contributed by atoms with Crippen molar-refractivity contribution in [1.29, 1.82) is 0 Å². The Kier molecular flexibility index (Phi) is 8.87. The van der Waals surface area contributed by atoms with E-state index in [4.69, 9.17) is 4.74 Å². The molecule has 0 spiro atoms. The van der Waals surface area contributed by atoms with Gasteiger partial charge in [0.15, 0.2) is 5.65 Å². The number of rotatable bonds is 8. The SMILES string of the molecule is O=C(OC1CCN(CC(COc2ccc(-c3nc4cc(Br)cnc4[nH]3)cc2)OC(=O)C(F)(F)F)CC1)C(F)(F)F. The van der Waals surface area contributed by atoms with Gasteiger partial charge in [0.05, 0.1) is 0 Å². The van der Waals surface area contributed by atoms with Crippen LogP contribution in [0.1, 0.15) is 12.8 Å². The number of ether oxygens (including phenoxy) is 3. The van der Waals surface area contributed by atoms with Gasteiger partial charge < -0.3 is 19.2 Å². The quantitative estimate of drug-likeness (QED) is 0.277. The van der Waals surface area contributed by atoms with E-state index in [9.17, 15) is 35.9 Å². The van der Waals surface area contributed by atoms with Gasteiger partial charge in [-0.1, -0.05) is 0 Å². The third kappa shape index (κ3) is 7.84. The number of nitrogens with one attached hydrogen (secondary N) is 1. The Morgan fingerprint density at radius 3 is 2.33 bits per heavy atom. The van der Waals surface area contributed by atoms with Crippen molar-refractivity contribution in [1.82, 2.24) is 19.9 Å². The molecule has 16 heteroatoms. The van der Waals surface area contributed by atoms with E-state index in [1.807, 2.05) is 0 Å². The number of H-pyrrole nitrogens is 1. The van der Waals surface area contributed by atoms with Gasteiger partial charge in [-0.2, -0.15) is 26.3 Å². The number of esters is 2. The minimum Gasteiger partial charge on any atom is -0.490 e. The van der Waals surface area contributed by atoms with Gasteiger partial charge in [0.25, 0.3) is 0 Å². The first kappa shape index (κ1) is 29.6. The zero-order valence-corrected chi connectivity index (χ0v) is 22.0. The number of carbonyl (C=O) groups is 2. The molecule has 0 bridgehead atoms. The lowest BCUT2D eigenvalue weighted by molar-refractivity contribution is -0.208. The molecule has 1 aliphatic rings. The van der Waals surface area contributed by atoms with Gasteiger partial charge in [-0.05, 0) is 59.1 Å². The number of fused-ring (bicyclic) bond motifs is 1. The van der Waals surface area contributed by atoms with Crippen LogP contribution >= 0.6 is 15.9 Å². The van der Waals surface area contributed by atoms with Crippen molar-refractivity contribution in [2.75, 3.05) is 26.2 Å². The molecule has 1 aromatic carbocycles. The number of halogens is 7. The number of carbonyl (C=O) groups excluding carboxylic acids is 2. The summed E-state index contributed by atoms with van der Waals surface area (Å²) in [5.74, 6) is -3.87. The number of benzene rings is 1. The second-order valence-electron chi connectivity index (χ2n) is 8.87. The molecule has 0 saturated carbocycles. The Labute approximate surface area is 230 Å². The van der Waals surface area contributed by atoms with Crippen LogP contribution in [0.25, 0.3) is 22.6 Å². The Hall–Kier alpha value is -3.40. The van der Waals surface area contributed by atoms with Crippen molar-refractivity contribution < 1.29 is 50.1 Å². The average molecular weight is 639 g/mol. The molecule has 0 amide bonds. The third-order valence-corrected chi connectivity index (χ3v) is 6.31. The molecule has 1 unspecified atom stereocenters. The van der Waals surface area contributed by atoms with Crippen molar-refractivity contribution in [3.63, 3.8) is 0 Å². The number of imidazole rings is 1. The molecule has 0 radical (unpaired) electrons. The minimum atomic E-state index is -5.23. The maximum Gasteiger partial charge on any atom is 0.490 e. The molecule has 3 aromatic rings. The fourth-order valence-electron chi connectivity index (χ4n) is 3.96. The number of aromatic amines is 1. The van der Waals surface area contributed by atoms with Crippen LogP contribution in [0, 0.1) is 0 Å². The number of hydrogen-bond donors (Lipinski definition) is 1. The molecule has 9 nitrogen and oxygen atoms in total. The Balaban J connectivity index is 1.36. The zero-order valence-electron chi connectivity index (χ0n) is 20.4. The highest BCUT2D eigenvalue weighted by Crippen LogP contribution is 2.25. The van der Waals surface area contributed by atoms with Crippen molar-refractivity contribution >= 4 is 39.0 Å². The topological polar surface area (TPSA) is 107 Å². The Bertz CT molecular complexity index is 1340. The van der Waals surface area contributed by atoms with Crippen LogP contribution in [0.4, 0.5) is 26.3 Å². The lowest BCUT2D eigenvalue weighted by Crippen LogP contribution is -2.46. The van der Waals surface area contributed by atoms with Crippen LogP contribution in [0.2, 0.25) is 0 Å². The number of piperidine rings is 1. The molecule has 1 atom stereocenters. The second-order valence-corrected chi connectivity index (χ2v) is 9.79. The van der Waals surface area contributed by atoms with E-state index in [1.165, 1.54) is 0 Å². The highest BCUT2D eigenvalue weighted by molar-refractivity contribution is 9.10. The summed E-state index contributed by atoms with van der Waals surface area (Å²) < 4.78 is 91.2. The summed E-state index contributed by atoms with van der Waals surface area (Å²) in [7, 11) is 0. The molecular formula is C24H21BrF6N4O5. The van der Waals surface area contributed by atoms with Gasteiger partial charge in [0, 0.05) is 35.9 Å². The first-order valence-electron chi connectivity index (χ1n) is 11.8. The van der Waals surface area contributed by atoms with Gasteiger partial charge in [-0.15, -0.1) is 0 Å². The van der Waals surface area contributed by atoms with Crippen molar-refractivity contribution in [2.24, 2.45) is 0 Å². The first-order valence-corrected chi connectivity index (χ1v) is 12.6. The van der Waals surface area contributed by atoms with E-state index in [0.29, 0.717) is 22.6 Å². The predicted octanol–water partition coefficient (Wildman–Crippen LogP) is 4.81. The largest absolute Gasteiger partial charge is 0.490 e. The van der Waals surface area contributed by atoms with Gasteiger partial charge in [-0.25, -0.2) is 19.6 Å². The summed E-state index contributed by atoms with van der Waals surface area (Å²) in [5.41, 5.74) is 1.91. The monoisotopic (exact) mass is 638 g/mol. The summed E-state index contributed by atoms with van der Waals surface area (Å²) >= 11 is 3.33. The van der Waals surface area contributed by atoms with Gasteiger partial charge in [0.1, 0.15) is 35.9 Å². The first-order chi connectivity index (χ1) is 18.8. The predicted molar refractivity (Wildman–Crippen MR) is 130 cm³/mol. The maximum atomic E-state index is 12.8. The van der Waals surface area contributed by atoms with E-state index in [1.54, 1.807) is 41.4 Å². The van der Waals surface area contributed by atoms with E-state index in [-0.39, 0.29) is 38.2 Å². The molecule has 1 saturated heterocycles. The highest BCUT2D eigenvalue weighted by atomic mass is 79.9. The molecule has 0 aliphatic carbocycles. The third-order valence-electron chi connectivity index (χ3n) is 5.87. The van der Waals surface area contributed by atoms with Crippen LogP contribution in [0.15, 0.2) is 41.0 Å². The van der Waals surface area contributed by atoms with Gasteiger partial charge >= 0.3 is 24.3 Å². The molecule has 216 valence electrons. The van der Waals surface area contributed by atoms with Crippen molar-refractivity contribution in [2.45, 2.75) is 37.4 Å². The lowest BCUT2D eigenvalue weighted by atomic mass is 10.1. The molecule has 1 N–H and O–H groups in total. The summed E-state index contributed by atoms with van der Waals surface area (Å²) in [5, 5.41) is 0. The molecule has 40 heavy (non-hydrogen) atoms. The Morgan fingerprint density at radius 1 is 1.05 bits per heavy atom. The number of aromatic nitrogens is 3. The normalized spacial score (nSPS) is 16.1. The standard InChI is InChI=1S/C24H21BrF6N4O5/c25-14-9-18-20(32-10-14)34-19(33-18)13-1-3-15(4-2-13)38-12-17(40-22(37)24(29,30)31)11-35-7-5-16(6-8-35)39-21(36)23(26,27)28/h1-4,9-10,16-17H,5-8,11-12H2,(H,32,33,34). The molecule has 3 heterocycles. The highest BCUT2D eigenvalue weighted by Gasteiger charge is 2.44. The van der Waals surface area contributed by atoms with Crippen LogP contribution in [0.5, 0.6) is 5.75 Å². The van der Waals surface area contributed by atoms with Crippen LogP contribution in [0.3, 0.4) is 0 Å². The summed E-state index contributed by atoms with van der Waals surface area (Å²) in [6.45, 7) is -0.394. The molecule has 2 aromatic heterocycles. The summed E-state index contributed by atoms with van der Waals surface area (Å²) in [6, 6.07) is 8.27. The van der Waals surface area contributed by atoms with E-state index < -0.39 is 43.1 Å². The minimum absolute atomic E-state index is 0.0261. The van der Waals surface area contributed by atoms with Gasteiger partial charge in [0.2, 0.25) is 0 Å². The average Bonchev–Trinajstić information content (AvgIpc) is 3.30. The number of alkyl halides is 6. The zero-order chi connectivity index (χ0) is 29.1. The number of hydrogen-bond acceptors (Lipinski definition) is 8. The number of pyridine rings is 1. The molecular weight excluding hydrogens is 618 g/mol. The fraction of sp³-hybridized carbons (Fsp3) is 0.417. The smallest absolute Gasteiger partial charge is 0.490 e. The van der Waals surface area contributed by atoms with Crippen molar-refractivity contribution in [3.8, 4) is 17.1 Å². The number of likely N-dealkylation sites (tertiary alicyclic amines) is 1. The summed E-state index contributed by atoms with van der Waals surface area (Å²) in [6.07, 6.45) is -11.0. The van der Waals surface area contributed by atoms with Gasteiger partial charge in [-0.3, -0.25) is 4.90 Å². The molecule has 4 rings (SSSR count). The second kappa shape index (κ2) is 12.0. The lowest BCUT2D eigenvalue weighted by Gasteiger charge is -2.33. The van der Waals surface area contributed by atoms with E-state index in [2.05, 4.69) is 40.4 Å². The number of nitrogens with zero attached hydrogens (tertiary/aromatic N) is 3. The van der Waals surface area contributed by atoms with E-state index >= 15 is 0 Å². The van der Waals surface area contributed by atoms with Crippen molar-refractivity contribution in [3.05, 3.63) is 41.0 Å². The van der Waals surface area contributed by atoms with E-state index in [0.717, 1.165) is 4.47 Å².